The van der Waals surface area contributed by atoms with E-state index in [-0.39, 0.29) is 12.1 Å². The van der Waals surface area contributed by atoms with Crippen LogP contribution in [0.5, 0.6) is 0 Å². The quantitative estimate of drug-likeness (QED) is 0.800. The van der Waals surface area contributed by atoms with Crippen LogP contribution in [0.4, 0.5) is 4.79 Å². The van der Waals surface area contributed by atoms with Crippen LogP contribution < -0.4 is 0 Å². The largest absolute Gasteiger partial charge is 0.325 e. The Kier molecular flexibility index (Phi) is 4.64. The van der Waals surface area contributed by atoms with E-state index in [4.69, 9.17) is 0 Å². The minimum Gasteiger partial charge on any atom is -0.325 e. The highest BCUT2D eigenvalue weighted by Gasteiger charge is 2.23. The molecule has 0 radical (unpaired) electrons. The van der Waals surface area contributed by atoms with Crippen LogP contribution >= 0.6 is 11.3 Å². The molecule has 1 fully saturated rings. The Morgan fingerprint density at radius 1 is 1.33 bits per heavy atom. The molecule has 2 amide bonds. The third-order valence-electron chi connectivity index (χ3n) is 3.71. The van der Waals surface area contributed by atoms with Crippen LogP contribution in [-0.2, 0) is 0 Å². The monoisotopic (exact) mass is 266 g/mol. The molecule has 4 heteroatoms. The van der Waals surface area contributed by atoms with Gasteiger partial charge in [-0.1, -0.05) is 18.9 Å². The van der Waals surface area contributed by atoms with Crippen LogP contribution in [0, 0.1) is 0 Å². The first-order valence-corrected chi connectivity index (χ1v) is 7.63. The highest BCUT2D eigenvalue weighted by atomic mass is 32.1. The molecule has 1 unspecified atom stereocenters. The SMILES string of the molecule is CC(c1cccs1)N(C)C(=O)N1CCCCCC1. The van der Waals surface area contributed by atoms with Gasteiger partial charge in [-0.25, -0.2) is 4.79 Å². The Morgan fingerprint density at radius 3 is 2.56 bits per heavy atom. The molecule has 100 valence electrons. The van der Waals surface area contributed by atoms with Gasteiger partial charge in [-0.3, -0.25) is 0 Å². The molecular weight excluding hydrogens is 244 g/mol. The summed E-state index contributed by atoms with van der Waals surface area (Å²) in [6, 6.07) is 4.49. The molecule has 1 atom stereocenters. The number of urea groups is 1. The van der Waals surface area contributed by atoms with E-state index in [2.05, 4.69) is 18.4 Å². The van der Waals surface area contributed by atoms with E-state index in [9.17, 15) is 4.79 Å². The van der Waals surface area contributed by atoms with Crippen LogP contribution in [-0.4, -0.2) is 36.0 Å². The first-order chi connectivity index (χ1) is 8.70. The molecule has 0 spiro atoms. The van der Waals surface area contributed by atoms with Gasteiger partial charge >= 0.3 is 6.03 Å². The summed E-state index contributed by atoms with van der Waals surface area (Å²) in [7, 11) is 1.91. The number of hydrogen-bond donors (Lipinski definition) is 0. The van der Waals surface area contributed by atoms with E-state index < -0.39 is 0 Å². The van der Waals surface area contributed by atoms with Crippen molar-refractivity contribution in [3.05, 3.63) is 22.4 Å². The topological polar surface area (TPSA) is 23.6 Å². The fourth-order valence-corrected chi connectivity index (χ4v) is 3.20. The van der Waals surface area contributed by atoms with E-state index >= 15 is 0 Å². The molecule has 18 heavy (non-hydrogen) atoms. The average Bonchev–Trinajstić information content (AvgIpc) is 2.78. The molecule has 1 aliphatic heterocycles. The predicted molar refractivity (Wildman–Crippen MR) is 75.9 cm³/mol. The van der Waals surface area contributed by atoms with Crippen molar-refractivity contribution >= 4 is 17.4 Å². The molecule has 3 nitrogen and oxygen atoms in total. The number of amides is 2. The number of nitrogens with zero attached hydrogens (tertiary/aromatic N) is 2. The van der Waals surface area contributed by atoms with Gasteiger partial charge in [0.05, 0.1) is 6.04 Å². The maximum absolute atomic E-state index is 12.4. The summed E-state index contributed by atoms with van der Waals surface area (Å²) < 4.78 is 0. The van der Waals surface area contributed by atoms with E-state index in [0.717, 1.165) is 25.9 Å². The van der Waals surface area contributed by atoms with E-state index in [1.165, 1.54) is 17.7 Å². The first-order valence-electron chi connectivity index (χ1n) is 6.75. The molecule has 2 heterocycles. The van der Waals surface area contributed by atoms with Crippen LogP contribution in [0.25, 0.3) is 0 Å². The summed E-state index contributed by atoms with van der Waals surface area (Å²) >= 11 is 1.72. The lowest BCUT2D eigenvalue weighted by Gasteiger charge is -2.30. The van der Waals surface area contributed by atoms with Gasteiger partial charge in [-0.05, 0) is 31.2 Å². The number of likely N-dealkylation sites (tertiary alicyclic amines) is 1. The van der Waals surface area contributed by atoms with Crippen molar-refractivity contribution in [2.24, 2.45) is 0 Å². The van der Waals surface area contributed by atoms with Gasteiger partial charge in [0.1, 0.15) is 0 Å². The summed E-state index contributed by atoms with van der Waals surface area (Å²) in [5.41, 5.74) is 0. The van der Waals surface area contributed by atoms with Gasteiger partial charge < -0.3 is 9.80 Å². The lowest BCUT2D eigenvalue weighted by atomic mass is 10.2. The zero-order valence-corrected chi connectivity index (χ0v) is 12.1. The maximum atomic E-state index is 12.4. The van der Waals surface area contributed by atoms with Gasteiger partial charge in [0.15, 0.2) is 0 Å². The minimum atomic E-state index is 0.167. The predicted octanol–water partition coefficient (Wildman–Crippen LogP) is 3.74. The number of carbonyl (C=O) groups excluding carboxylic acids is 1. The third-order valence-corrected chi connectivity index (χ3v) is 4.76. The van der Waals surface area contributed by atoms with Crippen molar-refractivity contribution in [2.45, 2.75) is 38.6 Å². The lowest BCUT2D eigenvalue weighted by molar-refractivity contribution is 0.152. The fourth-order valence-electron chi connectivity index (χ4n) is 2.37. The van der Waals surface area contributed by atoms with Crippen molar-refractivity contribution in [3.63, 3.8) is 0 Å². The summed E-state index contributed by atoms with van der Waals surface area (Å²) in [5.74, 6) is 0. The van der Waals surface area contributed by atoms with Crippen molar-refractivity contribution in [1.82, 2.24) is 9.80 Å². The maximum Gasteiger partial charge on any atom is 0.320 e. The first kappa shape index (κ1) is 13.4. The van der Waals surface area contributed by atoms with Gasteiger partial charge in [0.25, 0.3) is 0 Å². The van der Waals surface area contributed by atoms with Crippen LogP contribution in [0.2, 0.25) is 0 Å². The molecule has 1 aliphatic rings. The molecular formula is C14H22N2OS. The smallest absolute Gasteiger partial charge is 0.320 e. The highest BCUT2D eigenvalue weighted by Crippen LogP contribution is 2.24. The third kappa shape index (κ3) is 3.05. The Morgan fingerprint density at radius 2 is 2.00 bits per heavy atom. The molecule has 1 saturated heterocycles. The molecule has 1 aromatic rings. The molecule has 0 aliphatic carbocycles. The highest BCUT2D eigenvalue weighted by molar-refractivity contribution is 7.10. The summed E-state index contributed by atoms with van der Waals surface area (Å²) in [6.45, 7) is 3.93. The Labute approximate surface area is 113 Å². The Balaban J connectivity index is 1.99. The Hall–Kier alpha value is -1.03. The van der Waals surface area contributed by atoms with Crippen molar-refractivity contribution < 1.29 is 4.79 Å². The molecule has 0 N–H and O–H groups in total. The zero-order valence-electron chi connectivity index (χ0n) is 11.3. The van der Waals surface area contributed by atoms with Crippen LogP contribution in [0.15, 0.2) is 17.5 Å². The molecule has 2 rings (SSSR count). The van der Waals surface area contributed by atoms with Gasteiger partial charge in [0, 0.05) is 25.0 Å². The molecule has 0 saturated carbocycles. The second-order valence-corrected chi connectivity index (χ2v) is 5.97. The normalized spacial score (nSPS) is 18.2. The second kappa shape index (κ2) is 6.23. The second-order valence-electron chi connectivity index (χ2n) is 4.99. The van der Waals surface area contributed by atoms with Crippen molar-refractivity contribution in [1.29, 1.82) is 0 Å². The number of thiophene rings is 1. The van der Waals surface area contributed by atoms with Crippen LogP contribution in [0.3, 0.4) is 0 Å². The van der Waals surface area contributed by atoms with Gasteiger partial charge in [0.2, 0.25) is 0 Å². The van der Waals surface area contributed by atoms with E-state index in [1.807, 2.05) is 22.9 Å². The lowest BCUT2D eigenvalue weighted by Crippen LogP contribution is -2.42. The molecule has 1 aromatic heterocycles. The molecule has 0 bridgehead atoms. The molecule has 0 aromatic carbocycles. The van der Waals surface area contributed by atoms with Crippen LogP contribution in [0.1, 0.15) is 43.5 Å². The number of carbonyl (C=O) groups is 1. The summed E-state index contributed by atoms with van der Waals surface area (Å²) in [6.07, 6.45) is 4.81. The number of hydrogen-bond acceptors (Lipinski definition) is 2. The van der Waals surface area contributed by atoms with E-state index in [0.29, 0.717) is 0 Å². The summed E-state index contributed by atoms with van der Waals surface area (Å²) in [4.78, 5) is 17.6. The van der Waals surface area contributed by atoms with Crippen molar-refractivity contribution in [3.8, 4) is 0 Å². The Bertz CT molecular complexity index is 369. The average molecular weight is 266 g/mol. The minimum absolute atomic E-state index is 0.167. The van der Waals surface area contributed by atoms with Gasteiger partial charge in [-0.15, -0.1) is 11.3 Å². The zero-order chi connectivity index (χ0) is 13.0. The number of rotatable bonds is 2. The van der Waals surface area contributed by atoms with Gasteiger partial charge in [-0.2, -0.15) is 0 Å². The summed E-state index contributed by atoms with van der Waals surface area (Å²) in [5, 5.41) is 2.07. The van der Waals surface area contributed by atoms with E-state index in [1.54, 1.807) is 11.3 Å². The fraction of sp³-hybridized carbons (Fsp3) is 0.643. The van der Waals surface area contributed by atoms with Crippen molar-refractivity contribution in [2.75, 3.05) is 20.1 Å². The standard InChI is InChI=1S/C14H22N2OS/c1-12(13-8-7-11-18-13)15(2)14(17)16-9-5-3-4-6-10-16/h7-8,11-12H,3-6,9-10H2,1-2H3.